The lowest BCUT2D eigenvalue weighted by Crippen LogP contribution is -2.47. The van der Waals surface area contributed by atoms with Crippen molar-refractivity contribution >= 4 is 40.4 Å². The Labute approximate surface area is 220 Å². The lowest BCUT2D eigenvalue weighted by Gasteiger charge is -2.29. The standard InChI is InChI=1S/C26H29ClN4O4S/c1-33-23-18(27)5-2-6-19(23)30-25(36)22-20(12-26(8-9-26)31-24(22)32)29-13-16-7-10-28-14-21(16)35-15-17-4-3-11-34-17/h2,5-7,10,14,17,29H,3-4,8-9,11-13,15H2,1H3,(H,30,36)(H,31,32)/t17-/m0/s1. The van der Waals surface area contributed by atoms with Crippen LogP contribution in [0.1, 0.15) is 37.7 Å². The minimum Gasteiger partial charge on any atom is -0.493 e. The van der Waals surface area contributed by atoms with Crippen LogP contribution in [0.25, 0.3) is 0 Å². The maximum atomic E-state index is 13.2. The molecule has 2 aliphatic heterocycles. The van der Waals surface area contributed by atoms with E-state index in [0.717, 1.165) is 43.6 Å². The molecule has 3 N–H and O–H groups in total. The van der Waals surface area contributed by atoms with E-state index < -0.39 is 0 Å². The number of carbonyl (C=O) groups excluding carboxylic acids is 1. The number of methoxy groups -OCH3 is 1. The molecule has 1 aromatic carbocycles. The highest BCUT2D eigenvalue weighted by Crippen LogP contribution is 2.44. The van der Waals surface area contributed by atoms with Crippen LogP contribution >= 0.6 is 23.8 Å². The number of hydrogen-bond donors (Lipinski definition) is 3. The van der Waals surface area contributed by atoms with Crippen LogP contribution in [-0.4, -0.2) is 47.8 Å². The van der Waals surface area contributed by atoms with Gasteiger partial charge in [-0.05, 0) is 43.9 Å². The number of anilines is 1. The molecule has 1 aliphatic carbocycles. The summed E-state index contributed by atoms with van der Waals surface area (Å²) >= 11 is 12.0. The second-order valence-corrected chi connectivity index (χ2v) is 10.1. The third kappa shape index (κ3) is 5.43. The molecule has 3 aliphatic rings. The number of benzene rings is 1. The van der Waals surface area contributed by atoms with Crippen molar-refractivity contribution in [3.8, 4) is 11.5 Å². The Hall–Kier alpha value is -2.88. The smallest absolute Gasteiger partial charge is 0.256 e. The second-order valence-electron chi connectivity index (χ2n) is 9.32. The third-order valence-electron chi connectivity index (χ3n) is 6.73. The highest BCUT2D eigenvalue weighted by molar-refractivity contribution is 7.81. The van der Waals surface area contributed by atoms with Gasteiger partial charge in [0.05, 0.1) is 35.7 Å². The molecular weight excluding hydrogens is 500 g/mol. The summed E-state index contributed by atoms with van der Waals surface area (Å²) in [6.07, 6.45) is 8.21. The Bertz CT molecular complexity index is 1190. The Kier molecular flexibility index (Phi) is 7.32. The summed E-state index contributed by atoms with van der Waals surface area (Å²) < 4.78 is 17.1. The number of rotatable bonds is 9. The molecule has 1 saturated heterocycles. The van der Waals surface area contributed by atoms with Gasteiger partial charge in [-0.1, -0.05) is 29.9 Å². The summed E-state index contributed by atoms with van der Waals surface area (Å²) in [5.41, 5.74) is 2.57. The van der Waals surface area contributed by atoms with Crippen LogP contribution < -0.4 is 25.4 Å². The highest BCUT2D eigenvalue weighted by Gasteiger charge is 2.49. The number of hydrogen-bond acceptors (Lipinski definition) is 7. The molecule has 1 atom stereocenters. The van der Waals surface area contributed by atoms with E-state index in [1.54, 1.807) is 31.6 Å². The minimum atomic E-state index is -0.191. The average Bonchev–Trinajstić information content (AvgIpc) is 3.38. The zero-order valence-electron chi connectivity index (χ0n) is 20.1. The van der Waals surface area contributed by atoms with Crippen LogP contribution in [0.15, 0.2) is 47.9 Å². The van der Waals surface area contributed by atoms with Gasteiger partial charge in [-0.2, -0.15) is 0 Å². The molecule has 5 rings (SSSR count). The Morgan fingerprint density at radius 2 is 2.22 bits per heavy atom. The first-order chi connectivity index (χ1) is 17.5. The van der Waals surface area contributed by atoms with Crippen molar-refractivity contribution in [2.45, 2.75) is 50.3 Å². The summed E-state index contributed by atoms with van der Waals surface area (Å²) in [4.78, 5) is 17.7. The van der Waals surface area contributed by atoms with Crippen LogP contribution in [0.5, 0.6) is 11.5 Å². The number of pyridine rings is 1. The SMILES string of the molecule is COc1c(Cl)cccc1NC(=S)C1=C(NCc2ccncc2OC[C@@H]2CCCO2)CC2(CC2)NC1=O. The monoisotopic (exact) mass is 528 g/mol. The zero-order chi connectivity index (χ0) is 25.1. The molecule has 0 radical (unpaired) electrons. The summed E-state index contributed by atoms with van der Waals surface area (Å²) in [6, 6.07) is 7.26. The predicted molar refractivity (Wildman–Crippen MR) is 142 cm³/mol. The number of para-hydroxylation sites is 1. The van der Waals surface area contributed by atoms with Crippen molar-refractivity contribution in [1.29, 1.82) is 0 Å². The van der Waals surface area contributed by atoms with Crippen molar-refractivity contribution in [1.82, 2.24) is 15.6 Å². The van der Waals surface area contributed by atoms with Gasteiger partial charge in [0.15, 0.2) is 5.75 Å². The number of amides is 1. The van der Waals surface area contributed by atoms with E-state index in [-0.39, 0.29) is 17.6 Å². The molecule has 1 spiro atoms. The Morgan fingerprint density at radius 1 is 1.36 bits per heavy atom. The molecule has 3 heterocycles. The summed E-state index contributed by atoms with van der Waals surface area (Å²) in [5.74, 6) is 0.981. The molecule has 1 aromatic heterocycles. The number of nitrogens with one attached hydrogen (secondary N) is 3. The average molecular weight is 529 g/mol. The topological polar surface area (TPSA) is 93.7 Å². The molecule has 1 amide bonds. The van der Waals surface area contributed by atoms with Crippen LogP contribution in [0, 0.1) is 0 Å². The van der Waals surface area contributed by atoms with Gasteiger partial charge in [-0.15, -0.1) is 0 Å². The van der Waals surface area contributed by atoms with E-state index in [1.807, 2.05) is 12.1 Å². The van der Waals surface area contributed by atoms with E-state index in [0.29, 0.717) is 52.3 Å². The number of halogens is 1. The van der Waals surface area contributed by atoms with E-state index in [4.69, 9.17) is 38.0 Å². The summed E-state index contributed by atoms with van der Waals surface area (Å²) in [6.45, 7) is 1.74. The molecule has 0 unspecified atom stereocenters. The van der Waals surface area contributed by atoms with Crippen LogP contribution in [0.4, 0.5) is 5.69 Å². The molecule has 8 nitrogen and oxygen atoms in total. The number of aromatic nitrogens is 1. The van der Waals surface area contributed by atoms with E-state index >= 15 is 0 Å². The van der Waals surface area contributed by atoms with Gasteiger partial charge in [-0.3, -0.25) is 9.78 Å². The number of thiocarbonyl (C=S) groups is 1. The van der Waals surface area contributed by atoms with Crippen molar-refractivity contribution in [3.05, 3.63) is 58.5 Å². The summed E-state index contributed by atoms with van der Waals surface area (Å²) in [7, 11) is 1.54. The van der Waals surface area contributed by atoms with Crippen molar-refractivity contribution < 1.29 is 19.0 Å². The third-order valence-corrected chi connectivity index (χ3v) is 7.34. The molecule has 0 bridgehead atoms. The molecule has 2 aromatic rings. The molecular formula is C26H29ClN4O4S. The fourth-order valence-corrected chi connectivity index (χ4v) is 5.18. The van der Waals surface area contributed by atoms with Crippen LogP contribution in [-0.2, 0) is 16.1 Å². The summed E-state index contributed by atoms with van der Waals surface area (Å²) in [5, 5.41) is 10.2. The molecule has 10 heteroatoms. The quantitative estimate of drug-likeness (QED) is 0.418. The maximum absolute atomic E-state index is 13.2. The van der Waals surface area contributed by atoms with E-state index in [2.05, 4.69) is 20.9 Å². The fourth-order valence-electron chi connectivity index (χ4n) is 4.60. The van der Waals surface area contributed by atoms with Crippen molar-refractivity contribution in [2.24, 2.45) is 0 Å². The zero-order valence-corrected chi connectivity index (χ0v) is 21.6. The van der Waals surface area contributed by atoms with Gasteiger partial charge in [0.25, 0.3) is 5.91 Å². The largest absolute Gasteiger partial charge is 0.493 e. The van der Waals surface area contributed by atoms with E-state index in [1.165, 1.54) is 0 Å². The number of ether oxygens (including phenoxy) is 3. The first-order valence-electron chi connectivity index (χ1n) is 12.1. The first-order valence-corrected chi connectivity index (χ1v) is 12.9. The molecule has 190 valence electrons. The van der Waals surface area contributed by atoms with Crippen LogP contribution in [0.3, 0.4) is 0 Å². The van der Waals surface area contributed by atoms with Gasteiger partial charge >= 0.3 is 0 Å². The lowest BCUT2D eigenvalue weighted by atomic mass is 9.98. The first kappa shape index (κ1) is 24.8. The predicted octanol–water partition coefficient (Wildman–Crippen LogP) is 4.14. The number of nitrogens with zero attached hydrogens (tertiary/aromatic N) is 1. The highest BCUT2D eigenvalue weighted by atomic mass is 35.5. The van der Waals surface area contributed by atoms with Gasteiger partial charge in [0.1, 0.15) is 17.3 Å². The van der Waals surface area contributed by atoms with Gasteiger partial charge < -0.3 is 30.2 Å². The van der Waals surface area contributed by atoms with Crippen molar-refractivity contribution in [2.75, 3.05) is 25.6 Å². The Balaban J connectivity index is 1.35. The van der Waals surface area contributed by atoms with E-state index in [9.17, 15) is 4.79 Å². The molecule has 1 saturated carbocycles. The van der Waals surface area contributed by atoms with Crippen LogP contribution in [0.2, 0.25) is 5.02 Å². The number of carbonyl (C=O) groups is 1. The van der Waals surface area contributed by atoms with Gasteiger partial charge in [-0.25, -0.2) is 0 Å². The molecule has 36 heavy (non-hydrogen) atoms. The van der Waals surface area contributed by atoms with Gasteiger partial charge in [0, 0.05) is 42.6 Å². The molecule has 2 fully saturated rings. The fraction of sp³-hybridized carbons (Fsp3) is 0.423. The van der Waals surface area contributed by atoms with Gasteiger partial charge in [0.2, 0.25) is 0 Å². The van der Waals surface area contributed by atoms with Crippen molar-refractivity contribution in [3.63, 3.8) is 0 Å². The maximum Gasteiger partial charge on any atom is 0.256 e. The second kappa shape index (κ2) is 10.6. The lowest BCUT2D eigenvalue weighted by molar-refractivity contribution is -0.118. The minimum absolute atomic E-state index is 0.115. The Morgan fingerprint density at radius 3 is 2.97 bits per heavy atom. The normalized spacial score (nSPS) is 20.2.